The summed E-state index contributed by atoms with van der Waals surface area (Å²) in [6, 6.07) is 17.1. The Bertz CT molecular complexity index is 506. The Balaban J connectivity index is 2.12. The van der Waals surface area contributed by atoms with Crippen molar-refractivity contribution in [3.63, 3.8) is 0 Å². The number of hydrogen-bond acceptors (Lipinski definition) is 2. The van der Waals surface area contributed by atoms with Crippen molar-refractivity contribution in [1.82, 2.24) is 0 Å². The summed E-state index contributed by atoms with van der Waals surface area (Å²) < 4.78 is 5.47. The highest BCUT2D eigenvalue weighted by Gasteiger charge is 2.10. The lowest BCUT2D eigenvalue weighted by Crippen LogP contribution is -2.03. The van der Waals surface area contributed by atoms with E-state index in [9.17, 15) is 4.79 Å². The Morgan fingerprint density at radius 2 is 1.94 bits per heavy atom. The molecule has 0 amide bonds. The molecule has 0 saturated carbocycles. The third kappa shape index (κ3) is 2.84. The zero-order chi connectivity index (χ0) is 12.1. The van der Waals surface area contributed by atoms with Gasteiger partial charge in [0.2, 0.25) is 0 Å². The number of carboxylic acids is 1. The molecule has 0 heterocycles. The van der Waals surface area contributed by atoms with Crippen LogP contribution in [0.1, 0.15) is 15.9 Å². The zero-order valence-electron chi connectivity index (χ0n) is 9.09. The van der Waals surface area contributed by atoms with Crippen molar-refractivity contribution >= 4 is 5.97 Å². The number of hydrogen-bond donors (Lipinski definition) is 1. The molecule has 85 valence electrons. The summed E-state index contributed by atoms with van der Waals surface area (Å²) in [4.78, 5) is 10.9. The summed E-state index contributed by atoms with van der Waals surface area (Å²) in [7, 11) is 0. The van der Waals surface area contributed by atoms with E-state index >= 15 is 0 Å². The van der Waals surface area contributed by atoms with Crippen LogP contribution >= 0.6 is 0 Å². The summed E-state index contributed by atoms with van der Waals surface area (Å²) in [5, 5.41) is 8.95. The molecule has 1 N–H and O–H groups in total. The Morgan fingerprint density at radius 1 is 1.18 bits per heavy atom. The number of carbonyl (C=O) groups is 1. The summed E-state index contributed by atoms with van der Waals surface area (Å²) in [5.41, 5.74) is 1.05. The van der Waals surface area contributed by atoms with Crippen LogP contribution in [0.4, 0.5) is 0 Å². The quantitative estimate of drug-likeness (QED) is 0.873. The van der Waals surface area contributed by atoms with E-state index in [1.165, 1.54) is 0 Å². The number of ether oxygens (including phenoxy) is 1. The first kappa shape index (κ1) is 11.2. The van der Waals surface area contributed by atoms with E-state index in [2.05, 4.69) is 6.07 Å². The molecule has 3 nitrogen and oxygen atoms in total. The van der Waals surface area contributed by atoms with Crippen molar-refractivity contribution in [2.45, 2.75) is 6.61 Å². The molecule has 1 radical (unpaired) electrons. The maximum Gasteiger partial charge on any atom is 0.340 e. The molecule has 0 aliphatic rings. The second-order valence-electron chi connectivity index (χ2n) is 3.49. The van der Waals surface area contributed by atoms with E-state index in [0.717, 1.165) is 5.56 Å². The van der Waals surface area contributed by atoms with Crippen molar-refractivity contribution in [2.75, 3.05) is 0 Å². The Labute approximate surface area is 99.3 Å². The largest absolute Gasteiger partial charge is 0.488 e. The molecule has 17 heavy (non-hydrogen) atoms. The minimum absolute atomic E-state index is 0.0587. The Kier molecular flexibility index (Phi) is 3.40. The van der Waals surface area contributed by atoms with Crippen LogP contribution in [0.25, 0.3) is 0 Å². The molecular weight excluding hydrogens is 216 g/mol. The topological polar surface area (TPSA) is 46.5 Å². The molecule has 0 atom stereocenters. The third-order valence-electron chi connectivity index (χ3n) is 2.27. The van der Waals surface area contributed by atoms with E-state index in [-0.39, 0.29) is 5.56 Å². The van der Waals surface area contributed by atoms with E-state index in [4.69, 9.17) is 9.84 Å². The Morgan fingerprint density at radius 3 is 2.65 bits per heavy atom. The molecular formula is C14H11O3. The van der Waals surface area contributed by atoms with Gasteiger partial charge < -0.3 is 9.84 Å². The number of benzene rings is 2. The molecule has 2 aromatic carbocycles. The third-order valence-corrected chi connectivity index (χ3v) is 2.27. The van der Waals surface area contributed by atoms with Gasteiger partial charge in [0, 0.05) is 6.07 Å². The van der Waals surface area contributed by atoms with E-state index in [0.29, 0.717) is 12.4 Å². The highest BCUT2D eigenvalue weighted by Crippen LogP contribution is 2.18. The molecule has 2 aromatic rings. The SMILES string of the molecule is O=C(O)c1[c]cccc1OCc1ccccc1. The van der Waals surface area contributed by atoms with Gasteiger partial charge in [-0.05, 0) is 11.6 Å². The van der Waals surface area contributed by atoms with E-state index in [1.807, 2.05) is 30.3 Å². The molecule has 3 heteroatoms. The van der Waals surface area contributed by atoms with Gasteiger partial charge in [0.25, 0.3) is 0 Å². The normalized spacial score (nSPS) is 9.88. The maximum absolute atomic E-state index is 10.9. The fourth-order valence-electron chi connectivity index (χ4n) is 1.44. The average molecular weight is 227 g/mol. The first-order valence-electron chi connectivity index (χ1n) is 5.18. The lowest BCUT2D eigenvalue weighted by Gasteiger charge is -2.08. The van der Waals surface area contributed by atoms with Gasteiger partial charge in [-0.25, -0.2) is 4.79 Å². The van der Waals surface area contributed by atoms with Crippen LogP contribution in [0.15, 0.2) is 48.5 Å². The van der Waals surface area contributed by atoms with Crippen molar-refractivity contribution in [3.8, 4) is 5.75 Å². The smallest absolute Gasteiger partial charge is 0.340 e. The second-order valence-corrected chi connectivity index (χ2v) is 3.49. The van der Waals surface area contributed by atoms with E-state index in [1.54, 1.807) is 18.2 Å². The monoisotopic (exact) mass is 227 g/mol. The van der Waals surface area contributed by atoms with Gasteiger partial charge in [-0.1, -0.05) is 42.5 Å². The van der Waals surface area contributed by atoms with Crippen LogP contribution < -0.4 is 4.74 Å². The number of aromatic carboxylic acids is 1. The summed E-state index contributed by atoms with van der Waals surface area (Å²) in [6.07, 6.45) is 0. The van der Waals surface area contributed by atoms with Gasteiger partial charge in [0.05, 0.1) is 0 Å². The molecule has 0 fully saturated rings. The van der Waals surface area contributed by atoms with Gasteiger partial charge in [-0.3, -0.25) is 0 Å². The van der Waals surface area contributed by atoms with Gasteiger partial charge >= 0.3 is 5.97 Å². The van der Waals surface area contributed by atoms with Crippen LogP contribution in [0.5, 0.6) is 5.75 Å². The molecule has 0 bridgehead atoms. The zero-order valence-corrected chi connectivity index (χ0v) is 9.09. The van der Waals surface area contributed by atoms with E-state index < -0.39 is 5.97 Å². The van der Waals surface area contributed by atoms with Crippen LogP contribution in [-0.4, -0.2) is 11.1 Å². The highest BCUT2D eigenvalue weighted by atomic mass is 16.5. The minimum Gasteiger partial charge on any atom is -0.488 e. The predicted molar refractivity (Wildman–Crippen MR) is 63.0 cm³/mol. The second kappa shape index (κ2) is 5.16. The lowest BCUT2D eigenvalue weighted by molar-refractivity contribution is 0.0691. The summed E-state index contributed by atoms with van der Waals surface area (Å²) in [5.74, 6) is -0.697. The molecule has 0 spiro atoms. The van der Waals surface area contributed by atoms with Crippen LogP contribution in [0.2, 0.25) is 0 Å². The fourth-order valence-corrected chi connectivity index (χ4v) is 1.44. The van der Waals surface area contributed by atoms with Crippen molar-refractivity contribution in [1.29, 1.82) is 0 Å². The van der Waals surface area contributed by atoms with Crippen molar-refractivity contribution in [2.24, 2.45) is 0 Å². The maximum atomic E-state index is 10.9. The van der Waals surface area contributed by atoms with Crippen LogP contribution in [0.3, 0.4) is 0 Å². The average Bonchev–Trinajstić information content (AvgIpc) is 2.38. The first-order chi connectivity index (χ1) is 8.27. The number of carboxylic acid groups (broad SMARTS) is 1. The molecule has 2 rings (SSSR count). The molecule has 0 aliphatic heterocycles. The van der Waals surface area contributed by atoms with Gasteiger partial charge in [0.1, 0.15) is 17.9 Å². The molecule has 0 aliphatic carbocycles. The summed E-state index contributed by atoms with van der Waals surface area (Å²) >= 11 is 0. The van der Waals surface area contributed by atoms with Crippen LogP contribution in [0, 0.1) is 6.07 Å². The summed E-state index contributed by atoms with van der Waals surface area (Å²) in [6.45, 7) is 0.346. The van der Waals surface area contributed by atoms with Crippen molar-refractivity contribution in [3.05, 3.63) is 65.7 Å². The van der Waals surface area contributed by atoms with Gasteiger partial charge in [-0.15, -0.1) is 0 Å². The first-order valence-corrected chi connectivity index (χ1v) is 5.18. The molecule has 0 saturated heterocycles. The van der Waals surface area contributed by atoms with Gasteiger partial charge in [-0.2, -0.15) is 0 Å². The number of rotatable bonds is 4. The lowest BCUT2D eigenvalue weighted by atomic mass is 10.2. The van der Waals surface area contributed by atoms with Crippen molar-refractivity contribution < 1.29 is 14.6 Å². The molecule has 0 unspecified atom stereocenters. The highest BCUT2D eigenvalue weighted by molar-refractivity contribution is 5.90. The fraction of sp³-hybridized carbons (Fsp3) is 0.0714. The van der Waals surface area contributed by atoms with Gasteiger partial charge in [0.15, 0.2) is 0 Å². The Hall–Kier alpha value is -2.29. The predicted octanol–water partition coefficient (Wildman–Crippen LogP) is 2.76. The molecule has 0 aromatic heterocycles. The minimum atomic E-state index is -1.03. The standard InChI is InChI=1S/C14H11O3/c15-14(16)12-8-4-5-9-13(12)17-10-11-6-2-1-3-7-11/h1-7,9H,10H2,(H,15,16). The van der Waals surface area contributed by atoms with Crippen LogP contribution in [-0.2, 0) is 6.61 Å².